The van der Waals surface area contributed by atoms with Crippen LogP contribution in [-0.4, -0.2) is 46.4 Å². The Balaban J connectivity index is 2.10. The average molecular weight is 235 g/mol. The van der Waals surface area contributed by atoms with Crippen LogP contribution in [-0.2, 0) is 0 Å². The highest BCUT2D eigenvalue weighted by atomic mass is 16.5. The second-order valence-corrected chi connectivity index (χ2v) is 4.33. The molecule has 2 N–H and O–H groups in total. The number of hydrogen-bond acceptors (Lipinski definition) is 4. The van der Waals surface area contributed by atoms with E-state index >= 15 is 0 Å². The van der Waals surface area contributed by atoms with Crippen molar-refractivity contribution >= 4 is 5.69 Å². The zero-order chi connectivity index (χ0) is 12.1. The lowest BCUT2D eigenvalue weighted by Gasteiger charge is -2.35. The van der Waals surface area contributed by atoms with Crippen LogP contribution in [0.25, 0.3) is 0 Å². The van der Waals surface area contributed by atoms with Gasteiger partial charge in [0.15, 0.2) is 0 Å². The summed E-state index contributed by atoms with van der Waals surface area (Å²) >= 11 is 0. The number of ether oxygens (including phenoxy) is 1. The Labute approximate surface area is 103 Å². The largest absolute Gasteiger partial charge is 0.495 e. The van der Waals surface area contributed by atoms with E-state index in [0.717, 1.165) is 31.9 Å². The molecule has 1 saturated heterocycles. The van der Waals surface area contributed by atoms with Gasteiger partial charge in [0.05, 0.1) is 12.8 Å². The van der Waals surface area contributed by atoms with Crippen LogP contribution >= 0.6 is 0 Å². The Morgan fingerprint density at radius 2 is 2.29 bits per heavy atom. The smallest absolute Gasteiger partial charge is 0.142 e. The van der Waals surface area contributed by atoms with E-state index in [1.165, 1.54) is 5.69 Å². The van der Waals surface area contributed by atoms with Crippen molar-refractivity contribution in [1.29, 1.82) is 0 Å². The van der Waals surface area contributed by atoms with Crippen LogP contribution in [0, 0.1) is 0 Å². The lowest BCUT2D eigenvalue weighted by molar-refractivity contribution is 0.405. The van der Waals surface area contributed by atoms with Crippen molar-refractivity contribution < 1.29 is 4.74 Å². The van der Waals surface area contributed by atoms with Crippen LogP contribution in [0.15, 0.2) is 24.3 Å². The van der Waals surface area contributed by atoms with E-state index in [1.54, 1.807) is 7.11 Å². The van der Waals surface area contributed by atoms with Crippen molar-refractivity contribution in [2.75, 3.05) is 45.2 Å². The number of para-hydroxylation sites is 2. The minimum Gasteiger partial charge on any atom is -0.495 e. The van der Waals surface area contributed by atoms with Gasteiger partial charge in [0.2, 0.25) is 0 Å². The second-order valence-electron chi connectivity index (χ2n) is 4.33. The third-order valence-corrected chi connectivity index (χ3v) is 3.13. The molecule has 0 aromatic heterocycles. The fourth-order valence-corrected chi connectivity index (χ4v) is 2.32. The van der Waals surface area contributed by atoms with E-state index in [0.29, 0.717) is 6.04 Å². The Hall–Kier alpha value is -1.26. The summed E-state index contributed by atoms with van der Waals surface area (Å²) in [5.41, 5.74) is 1.19. The van der Waals surface area contributed by atoms with Crippen molar-refractivity contribution in [3.8, 4) is 5.75 Å². The predicted molar refractivity (Wildman–Crippen MR) is 70.9 cm³/mol. The summed E-state index contributed by atoms with van der Waals surface area (Å²) in [5.74, 6) is 0.956. The minimum atomic E-state index is 0.499. The molecule has 1 aliphatic heterocycles. The molecule has 17 heavy (non-hydrogen) atoms. The zero-order valence-corrected chi connectivity index (χ0v) is 10.6. The summed E-state index contributed by atoms with van der Waals surface area (Å²) in [6, 6.07) is 8.71. The average Bonchev–Trinajstić information content (AvgIpc) is 2.39. The van der Waals surface area contributed by atoms with Crippen LogP contribution < -0.4 is 20.3 Å². The fourth-order valence-electron chi connectivity index (χ4n) is 2.32. The van der Waals surface area contributed by atoms with Crippen LogP contribution in [0.4, 0.5) is 5.69 Å². The van der Waals surface area contributed by atoms with Gasteiger partial charge in [-0.25, -0.2) is 0 Å². The van der Waals surface area contributed by atoms with Gasteiger partial charge >= 0.3 is 0 Å². The van der Waals surface area contributed by atoms with E-state index in [9.17, 15) is 0 Å². The van der Waals surface area contributed by atoms with Crippen molar-refractivity contribution in [2.45, 2.75) is 6.04 Å². The lowest BCUT2D eigenvalue weighted by Crippen LogP contribution is -2.54. The molecule has 1 aromatic carbocycles. The standard InChI is InChI=1S/C13H21N3O/c1-14-9-11-10-16(8-7-15-11)12-5-3-4-6-13(12)17-2/h3-6,11,14-15H,7-10H2,1-2H3. The number of nitrogens with one attached hydrogen (secondary N) is 2. The molecule has 0 aliphatic carbocycles. The third-order valence-electron chi connectivity index (χ3n) is 3.13. The van der Waals surface area contributed by atoms with Gasteiger partial charge in [-0.2, -0.15) is 0 Å². The highest BCUT2D eigenvalue weighted by molar-refractivity contribution is 5.58. The predicted octanol–water partition coefficient (Wildman–Crippen LogP) is 0.693. The first kappa shape index (κ1) is 12.2. The van der Waals surface area contributed by atoms with E-state index in [4.69, 9.17) is 4.74 Å². The van der Waals surface area contributed by atoms with Crippen molar-refractivity contribution in [2.24, 2.45) is 0 Å². The van der Waals surface area contributed by atoms with Gasteiger partial charge in [0.1, 0.15) is 5.75 Å². The SMILES string of the molecule is CNCC1CN(c2ccccc2OC)CCN1. The third kappa shape index (κ3) is 2.90. The molecule has 0 spiro atoms. The monoisotopic (exact) mass is 235 g/mol. The molecule has 0 saturated carbocycles. The van der Waals surface area contributed by atoms with E-state index in [1.807, 2.05) is 19.2 Å². The normalized spacial score (nSPS) is 20.4. The van der Waals surface area contributed by atoms with Gasteiger partial charge in [-0.15, -0.1) is 0 Å². The fraction of sp³-hybridized carbons (Fsp3) is 0.538. The molecule has 4 heteroatoms. The Morgan fingerprint density at radius 1 is 1.47 bits per heavy atom. The minimum absolute atomic E-state index is 0.499. The highest BCUT2D eigenvalue weighted by Gasteiger charge is 2.20. The Morgan fingerprint density at radius 3 is 3.06 bits per heavy atom. The number of anilines is 1. The number of hydrogen-bond donors (Lipinski definition) is 2. The molecule has 0 amide bonds. The molecule has 4 nitrogen and oxygen atoms in total. The molecule has 2 rings (SSSR count). The van der Waals surface area contributed by atoms with Gasteiger partial charge < -0.3 is 20.3 Å². The number of likely N-dealkylation sites (N-methyl/N-ethyl adjacent to an activating group) is 1. The van der Waals surface area contributed by atoms with Crippen LogP contribution in [0.1, 0.15) is 0 Å². The first-order chi connectivity index (χ1) is 8.35. The summed E-state index contributed by atoms with van der Waals surface area (Å²) in [6.45, 7) is 4.05. The maximum Gasteiger partial charge on any atom is 0.142 e. The molecule has 1 fully saturated rings. The number of rotatable bonds is 4. The second kappa shape index (κ2) is 5.89. The molecule has 94 valence electrons. The molecule has 1 atom stereocenters. The summed E-state index contributed by atoms with van der Waals surface area (Å²) in [4.78, 5) is 2.39. The Bertz CT molecular complexity index is 354. The maximum absolute atomic E-state index is 5.42. The summed E-state index contributed by atoms with van der Waals surface area (Å²) < 4.78 is 5.42. The maximum atomic E-state index is 5.42. The first-order valence-electron chi connectivity index (χ1n) is 6.11. The van der Waals surface area contributed by atoms with Gasteiger partial charge in [0, 0.05) is 32.2 Å². The van der Waals surface area contributed by atoms with Gasteiger partial charge in [-0.05, 0) is 19.2 Å². The van der Waals surface area contributed by atoms with E-state index in [-0.39, 0.29) is 0 Å². The van der Waals surface area contributed by atoms with E-state index < -0.39 is 0 Å². The highest BCUT2D eigenvalue weighted by Crippen LogP contribution is 2.28. The quantitative estimate of drug-likeness (QED) is 0.805. The summed E-state index contributed by atoms with van der Waals surface area (Å²) in [7, 11) is 3.72. The number of benzene rings is 1. The van der Waals surface area contributed by atoms with Crippen LogP contribution in [0.2, 0.25) is 0 Å². The number of nitrogens with zero attached hydrogens (tertiary/aromatic N) is 1. The summed E-state index contributed by atoms with van der Waals surface area (Å²) in [5, 5.41) is 6.73. The van der Waals surface area contributed by atoms with E-state index in [2.05, 4.69) is 27.7 Å². The lowest BCUT2D eigenvalue weighted by atomic mass is 10.1. The van der Waals surface area contributed by atoms with Crippen molar-refractivity contribution in [3.63, 3.8) is 0 Å². The molecule has 1 aromatic rings. The first-order valence-corrected chi connectivity index (χ1v) is 6.11. The molecule has 0 bridgehead atoms. The molecular formula is C13H21N3O. The molecule has 1 aliphatic rings. The molecule has 1 heterocycles. The number of piperazine rings is 1. The molecule has 1 unspecified atom stereocenters. The van der Waals surface area contributed by atoms with Gasteiger partial charge in [-0.3, -0.25) is 0 Å². The molecular weight excluding hydrogens is 214 g/mol. The van der Waals surface area contributed by atoms with Crippen molar-refractivity contribution in [3.05, 3.63) is 24.3 Å². The Kier molecular flexibility index (Phi) is 4.23. The topological polar surface area (TPSA) is 36.5 Å². The zero-order valence-electron chi connectivity index (χ0n) is 10.6. The van der Waals surface area contributed by atoms with Crippen LogP contribution in [0.3, 0.4) is 0 Å². The number of methoxy groups -OCH3 is 1. The molecule has 0 radical (unpaired) electrons. The van der Waals surface area contributed by atoms with Crippen LogP contribution in [0.5, 0.6) is 5.75 Å². The van der Waals surface area contributed by atoms with Crippen molar-refractivity contribution in [1.82, 2.24) is 10.6 Å². The summed E-state index contributed by atoms with van der Waals surface area (Å²) in [6.07, 6.45) is 0. The van der Waals surface area contributed by atoms with Gasteiger partial charge in [0.25, 0.3) is 0 Å². The van der Waals surface area contributed by atoms with Gasteiger partial charge in [-0.1, -0.05) is 12.1 Å².